The van der Waals surface area contributed by atoms with E-state index in [0.717, 1.165) is 11.7 Å². The molecule has 0 heterocycles. The van der Waals surface area contributed by atoms with E-state index in [-0.39, 0.29) is 6.10 Å². The normalized spacial score (nSPS) is 17.9. The number of rotatable bonds is 6. The van der Waals surface area contributed by atoms with E-state index in [9.17, 15) is 0 Å². The topological polar surface area (TPSA) is 21.3 Å². The molecule has 0 saturated heterocycles. The lowest BCUT2D eigenvalue weighted by molar-refractivity contribution is 0.242. The van der Waals surface area contributed by atoms with Crippen molar-refractivity contribution < 1.29 is 4.74 Å². The summed E-state index contributed by atoms with van der Waals surface area (Å²) in [6, 6.07) is 9.01. The maximum absolute atomic E-state index is 5.79. The summed E-state index contributed by atoms with van der Waals surface area (Å²) in [6.45, 7) is 4.14. The van der Waals surface area contributed by atoms with Gasteiger partial charge in [0, 0.05) is 6.04 Å². The van der Waals surface area contributed by atoms with Gasteiger partial charge in [0.15, 0.2) is 0 Å². The summed E-state index contributed by atoms with van der Waals surface area (Å²) in [5.41, 5.74) is 1.35. The lowest BCUT2D eigenvalue weighted by atomic mass is 9.93. The van der Waals surface area contributed by atoms with Crippen molar-refractivity contribution in [1.29, 1.82) is 0 Å². The van der Waals surface area contributed by atoms with Gasteiger partial charge in [0.05, 0.1) is 6.10 Å². The molecule has 0 aromatic heterocycles. The fourth-order valence-electron chi connectivity index (χ4n) is 3.08. The van der Waals surface area contributed by atoms with Crippen molar-refractivity contribution in [3.8, 4) is 5.75 Å². The number of benzene rings is 1. The third-order valence-corrected chi connectivity index (χ3v) is 4.02. The van der Waals surface area contributed by atoms with Gasteiger partial charge >= 0.3 is 0 Å². The van der Waals surface area contributed by atoms with E-state index in [1.807, 2.05) is 6.07 Å². The van der Waals surface area contributed by atoms with E-state index >= 15 is 0 Å². The third-order valence-electron chi connectivity index (χ3n) is 4.02. The molecule has 1 fully saturated rings. The minimum Gasteiger partial charge on any atom is -0.491 e. The lowest BCUT2D eigenvalue weighted by Crippen LogP contribution is -2.19. The van der Waals surface area contributed by atoms with Crippen LogP contribution in [0, 0.1) is 5.92 Å². The quantitative estimate of drug-likeness (QED) is 0.823. The van der Waals surface area contributed by atoms with Crippen LogP contribution in [-0.4, -0.2) is 13.2 Å². The highest BCUT2D eigenvalue weighted by Gasteiger charge is 2.20. The van der Waals surface area contributed by atoms with Crippen LogP contribution in [0.1, 0.15) is 57.6 Å². The Morgan fingerprint density at radius 3 is 2.63 bits per heavy atom. The second-order valence-electron chi connectivity index (χ2n) is 5.97. The van der Waals surface area contributed by atoms with Gasteiger partial charge in [0.25, 0.3) is 0 Å². The summed E-state index contributed by atoms with van der Waals surface area (Å²) in [6.07, 6.45) is 7.12. The van der Waals surface area contributed by atoms with Crippen LogP contribution in [0.5, 0.6) is 5.75 Å². The summed E-state index contributed by atoms with van der Waals surface area (Å²) < 4.78 is 5.79. The van der Waals surface area contributed by atoms with Crippen LogP contribution in [0.25, 0.3) is 0 Å². The molecular weight excluding hydrogens is 234 g/mol. The Morgan fingerprint density at radius 1 is 1.26 bits per heavy atom. The van der Waals surface area contributed by atoms with E-state index in [4.69, 9.17) is 4.74 Å². The molecule has 2 heteroatoms. The van der Waals surface area contributed by atoms with Crippen molar-refractivity contribution in [3.63, 3.8) is 0 Å². The fourth-order valence-corrected chi connectivity index (χ4v) is 3.08. The van der Waals surface area contributed by atoms with Gasteiger partial charge < -0.3 is 10.1 Å². The van der Waals surface area contributed by atoms with Gasteiger partial charge in [-0.15, -0.1) is 0 Å². The summed E-state index contributed by atoms with van der Waals surface area (Å²) in [7, 11) is 2.07. The number of nitrogens with one attached hydrogen (secondary N) is 1. The first-order chi connectivity index (χ1) is 9.19. The maximum Gasteiger partial charge on any atom is 0.120 e. The Hall–Kier alpha value is -1.02. The summed E-state index contributed by atoms with van der Waals surface area (Å²) in [5.74, 6) is 1.88. The molecule has 2 nitrogen and oxygen atoms in total. The highest BCUT2D eigenvalue weighted by Crippen LogP contribution is 2.33. The van der Waals surface area contributed by atoms with Crippen molar-refractivity contribution in [2.24, 2.45) is 5.92 Å². The number of hydrogen-bond donors (Lipinski definition) is 1. The molecule has 0 spiro atoms. The van der Waals surface area contributed by atoms with E-state index in [1.54, 1.807) is 0 Å². The smallest absolute Gasteiger partial charge is 0.120 e. The Balaban J connectivity index is 2.04. The zero-order valence-electron chi connectivity index (χ0n) is 12.5. The molecule has 1 atom stereocenters. The minimum absolute atomic E-state index is 0.234. The zero-order valence-corrected chi connectivity index (χ0v) is 12.5. The van der Waals surface area contributed by atoms with Crippen LogP contribution in [0.3, 0.4) is 0 Å². The van der Waals surface area contributed by atoms with Crippen LogP contribution in [0.15, 0.2) is 24.3 Å². The van der Waals surface area contributed by atoms with Gasteiger partial charge in [-0.2, -0.15) is 0 Å². The molecule has 1 aromatic rings. The van der Waals surface area contributed by atoms with Gasteiger partial charge in [-0.05, 0) is 50.9 Å². The maximum atomic E-state index is 5.79. The molecule has 1 N–H and O–H groups in total. The highest BCUT2D eigenvalue weighted by molar-refractivity contribution is 5.30. The number of hydrogen-bond acceptors (Lipinski definition) is 2. The molecule has 0 amide bonds. The Labute approximate surface area is 117 Å². The molecule has 1 aromatic carbocycles. The highest BCUT2D eigenvalue weighted by atomic mass is 16.5. The van der Waals surface area contributed by atoms with Crippen LogP contribution >= 0.6 is 0 Å². The van der Waals surface area contributed by atoms with Crippen molar-refractivity contribution in [1.82, 2.24) is 5.32 Å². The third kappa shape index (κ3) is 4.24. The van der Waals surface area contributed by atoms with Gasteiger partial charge in [-0.1, -0.05) is 37.8 Å². The second-order valence-corrected chi connectivity index (χ2v) is 5.97. The van der Waals surface area contributed by atoms with Crippen molar-refractivity contribution in [2.45, 2.75) is 58.1 Å². The Morgan fingerprint density at radius 2 is 2.00 bits per heavy atom. The van der Waals surface area contributed by atoms with Crippen LogP contribution < -0.4 is 10.1 Å². The molecule has 1 saturated carbocycles. The molecule has 0 aliphatic heterocycles. The minimum atomic E-state index is 0.234. The molecule has 2 rings (SSSR count). The molecule has 106 valence electrons. The average Bonchev–Trinajstić information content (AvgIpc) is 2.88. The summed E-state index contributed by atoms with van der Waals surface area (Å²) in [5, 5.41) is 3.47. The lowest BCUT2D eigenvalue weighted by Gasteiger charge is -2.21. The molecule has 1 unspecified atom stereocenters. The monoisotopic (exact) mass is 261 g/mol. The second kappa shape index (κ2) is 6.95. The predicted molar refractivity (Wildman–Crippen MR) is 80.6 cm³/mol. The van der Waals surface area contributed by atoms with Gasteiger partial charge in [-0.25, -0.2) is 0 Å². The van der Waals surface area contributed by atoms with E-state index in [1.165, 1.54) is 37.7 Å². The molecule has 1 aliphatic carbocycles. The first-order valence-corrected chi connectivity index (χ1v) is 7.63. The van der Waals surface area contributed by atoms with E-state index in [2.05, 4.69) is 44.4 Å². The van der Waals surface area contributed by atoms with Gasteiger partial charge in [0.2, 0.25) is 0 Å². The molecule has 19 heavy (non-hydrogen) atoms. The SMILES string of the molecule is CNC(CC1CCCC1)c1cccc(OC(C)C)c1. The summed E-state index contributed by atoms with van der Waals surface area (Å²) in [4.78, 5) is 0. The van der Waals surface area contributed by atoms with Crippen LogP contribution in [0.2, 0.25) is 0 Å². The van der Waals surface area contributed by atoms with Gasteiger partial charge in [0.1, 0.15) is 5.75 Å². The van der Waals surface area contributed by atoms with Gasteiger partial charge in [-0.3, -0.25) is 0 Å². The Kier molecular flexibility index (Phi) is 5.26. The van der Waals surface area contributed by atoms with Crippen LogP contribution in [0.4, 0.5) is 0 Å². The standard InChI is InChI=1S/C17H27NO/c1-13(2)19-16-10-6-9-15(12-16)17(18-3)11-14-7-4-5-8-14/h6,9-10,12-14,17-18H,4-5,7-8,11H2,1-3H3. The summed E-state index contributed by atoms with van der Waals surface area (Å²) >= 11 is 0. The largest absolute Gasteiger partial charge is 0.491 e. The predicted octanol–water partition coefficient (Wildman–Crippen LogP) is 4.31. The number of ether oxygens (including phenoxy) is 1. The van der Waals surface area contributed by atoms with Crippen molar-refractivity contribution in [2.75, 3.05) is 7.05 Å². The average molecular weight is 261 g/mol. The Bertz CT molecular complexity index is 383. The zero-order chi connectivity index (χ0) is 13.7. The van der Waals surface area contributed by atoms with Crippen molar-refractivity contribution in [3.05, 3.63) is 29.8 Å². The fraction of sp³-hybridized carbons (Fsp3) is 0.647. The molecular formula is C17H27NO. The first kappa shape index (κ1) is 14.4. The van der Waals surface area contributed by atoms with E-state index < -0.39 is 0 Å². The molecule has 0 radical (unpaired) electrons. The van der Waals surface area contributed by atoms with Crippen molar-refractivity contribution >= 4 is 0 Å². The molecule has 0 bridgehead atoms. The molecule has 1 aliphatic rings. The first-order valence-electron chi connectivity index (χ1n) is 7.63. The van der Waals surface area contributed by atoms with E-state index in [0.29, 0.717) is 6.04 Å². The van der Waals surface area contributed by atoms with Crippen LogP contribution in [-0.2, 0) is 0 Å².